The molecule has 0 amide bonds. The van der Waals surface area contributed by atoms with Crippen LogP contribution in [0.3, 0.4) is 0 Å². The molecule has 1 saturated carbocycles. The molecule has 0 spiro atoms. The van der Waals surface area contributed by atoms with Crippen molar-refractivity contribution in [1.82, 2.24) is 0 Å². The lowest BCUT2D eigenvalue weighted by Crippen LogP contribution is -1.96. The Morgan fingerprint density at radius 3 is 2.80 bits per heavy atom. The molecule has 0 saturated heterocycles. The molecule has 1 fully saturated rings. The van der Waals surface area contributed by atoms with Crippen molar-refractivity contribution >= 4 is 23.1 Å². The minimum Gasteiger partial charge on any atom is -0.507 e. The third-order valence-corrected chi connectivity index (χ3v) is 2.61. The summed E-state index contributed by atoms with van der Waals surface area (Å²) in [5.41, 5.74) is 0.580. The third-order valence-electron chi connectivity index (χ3n) is 2.38. The molecular weight excluding hydrogens is 212 g/mol. The summed E-state index contributed by atoms with van der Waals surface area (Å²) in [4.78, 5) is 11.4. The van der Waals surface area contributed by atoms with E-state index in [4.69, 9.17) is 11.6 Å². The van der Waals surface area contributed by atoms with Gasteiger partial charge >= 0.3 is 0 Å². The molecule has 2 rings (SSSR count). The van der Waals surface area contributed by atoms with Gasteiger partial charge in [0.25, 0.3) is 0 Å². The number of aliphatic hydroxyl groups excluding tert-OH is 1. The summed E-state index contributed by atoms with van der Waals surface area (Å²) in [6, 6.07) is 6.82. The van der Waals surface area contributed by atoms with Gasteiger partial charge in [0, 0.05) is 22.6 Å². The summed E-state index contributed by atoms with van der Waals surface area (Å²) in [7, 11) is 0. The third kappa shape index (κ3) is 2.60. The van der Waals surface area contributed by atoms with E-state index in [0.29, 0.717) is 10.6 Å². The number of ketones is 1. The predicted molar refractivity (Wildman–Crippen MR) is 59.8 cm³/mol. The number of aliphatic hydroxyl groups is 1. The van der Waals surface area contributed by atoms with Crippen molar-refractivity contribution in [2.75, 3.05) is 0 Å². The van der Waals surface area contributed by atoms with Crippen molar-refractivity contribution in [2.24, 2.45) is 5.92 Å². The molecular formula is C12H11ClO2. The zero-order valence-electron chi connectivity index (χ0n) is 8.11. The van der Waals surface area contributed by atoms with Crippen LogP contribution in [0.25, 0.3) is 5.76 Å². The van der Waals surface area contributed by atoms with E-state index < -0.39 is 0 Å². The molecule has 0 radical (unpaired) electrons. The summed E-state index contributed by atoms with van der Waals surface area (Å²) >= 11 is 5.78. The highest BCUT2D eigenvalue weighted by molar-refractivity contribution is 6.30. The summed E-state index contributed by atoms with van der Waals surface area (Å²) < 4.78 is 0. The van der Waals surface area contributed by atoms with Gasteiger partial charge in [0.1, 0.15) is 5.76 Å². The van der Waals surface area contributed by atoms with Crippen LogP contribution in [-0.4, -0.2) is 10.9 Å². The van der Waals surface area contributed by atoms with Gasteiger partial charge in [-0.05, 0) is 25.0 Å². The van der Waals surface area contributed by atoms with Crippen molar-refractivity contribution in [2.45, 2.75) is 12.8 Å². The molecule has 0 bridgehead atoms. The van der Waals surface area contributed by atoms with Crippen LogP contribution in [-0.2, 0) is 4.79 Å². The highest BCUT2D eigenvalue weighted by Crippen LogP contribution is 2.31. The van der Waals surface area contributed by atoms with Crippen molar-refractivity contribution in [3.63, 3.8) is 0 Å². The molecule has 0 atom stereocenters. The fourth-order valence-electron chi connectivity index (χ4n) is 1.35. The molecule has 0 aromatic heterocycles. The Bertz CT molecular complexity index is 419. The normalized spacial score (nSPS) is 16.5. The molecule has 78 valence electrons. The number of benzene rings is 1. The summed E-state index contributed by atoms with van der Waals surface area (Å²) in [6.07, 6.45) is 3.18. The van der Waals surface area contributed by atoms with Gasteiger partial charge in [-0.25, -0.2) is 0 Å². The van der Waals surface area contributed by atoms with Gasteiger partial charge in [0.15, 0.2) is 5.78 Å². The van der Waals surface area contributed by atoms with Gasteiger partial charge < -0.3 is 5.11 Å². The van der Waals surface area contributed by atoms with Crippen LogP contribution < -0.4 is 0 Å². The lowest BCUT2D eigenvalue weighted by molar-refractivity contribution is -0.115. The second-order valence-electron chi connectivity index (χ2n) is 3.72. The van der Waals surface area contributed by atoms with Crippen LogP contribution in [0.1, 0.15) is 18.4 Å². The molecule has 15 heavy (non-hydrogen) atoms. The van der Waals surface area contributed by atoms with E-state index in [1.54, 1.807) is 24.3 Å². The predicted octanol–water partition coefficient (Wildman–Crippen LogP) is 3.22. The maximum atomic E-state index is 11.4. The van der Waals surface area contributed by atoms with Gasteiger partial charge in [0.2, 0.25) is 0 Å². The quantitative estimate of drug-likeness (QED) is 0.630. The molecule has 1 aromatic carbocycles. The van der Waals surface area contributed by atoms with Gasteiger partial charge in [0.05, 0.1) is 0 Å². The molecule has 0 unspecified atom stereocenters. The van der Waals surface area contributed by atoms with Crippen LogP contribution in [0.15, 0.2) is 30.3 Å². The minimum absolute atomic E-state index is 0.00519. The lowest BCUT2D eigenvalue weighted by Gasteiger charge is -2.00. The first-order chi connectivity index (χ1) is 7.16. The summed E-state index contributed by atoms with van der Waals surface area (Å²) in [6.45, 7) is 0. The zero-order valence-corrected chi connectivity index (χ0v) is 8.87. The Hall–Kier alpha value is -1.28. The topological polar surface area (TPSA) is 37.3 Å². The largest absolute Gasteiger partial charge is 0.507 e. The maximum Gasteiger partial charge on any atom is 0.162 e. The number of hydrogen-bond acceptors (Lipinski definition) is 2. The average molecular weight is 223 g/mol. The molecule has 1 aliphatic carbocycles. The first kappa shape index (κ1) is 10.2. The molecule has 3 heteroatoms. The highest BCUT2D eigenvalue weighted by atomic mass is 35.5. The first-order valence-corrected chi connectivity index (χ1v) is 5.25. The number of carbonyl (C=O) groups is 1. The summed E-state index contributed by atoms with van der Waals surface area (Å²) in [5, 5.41) is 10.2. The van der Waals surface area contributed by atoms with Gasteiger partial charge in [-0.2, -0.15) is 0 Å². The Morgan fingerprint density at radius 2 is 2.20 bits per heavy atom. The van der Waals surface area contributed by atoms with E-state index in [1.807, 2.05) is 0 Å². The van der Waals surface area contributed by atoms with Crippen LogP contribution in [0.2, 0.25) is 5.02 Å². The van der Waals surface area contributed by atoms with Crippen molar-refractivity contribution in [3.05, 3.63) is 40.9 Å². The lowest BCUT2D eigenvalue weighted by atomic mass is 10.1. The Kier molecular flexibility index (Phi) is 2.78. The van der Waals surface area contributed by atoms with Crippen LogP contribution in [0.5, 0.6) is 0 Å². The van der Waals surface area contributed by atoms with E-state index in [2.05, 4.69) is 0 Å². The summed E-state index contributed by atoms with van der Waals surface area (Å²) in [5.74, 6) is 0.133. The smallest absolute Gasteiger partial charge is 0.162 e. The number of allylic oxidation sites excluding steroid dienone is 1. The van der Waals surface area contributed by atoms with E-state index >= 15 is 0 Å². The Balaban J connectivity index is 2.18. The number of carbonyl (C=O) groups excluding carboxylic acids is 1. The van der Waals surface area contributed by atoms with Crippen molar-refractivity contribution in [3.8, 4) is 0 Å². The van der Waals surface area contributed by atoms with E-state index in [0.717, 1.165) is 12.8 Å². The van der Waals surface area contributed by atoms with E-state index in [9.17, 15) is 9.90 Å². The second kappa shape index (κ2) is 4.07. The van der Waals surface area contributed by atoms with Gasteiger partial charge in [-0.3, -0.25) is 4.79 Å². The molecule has 0 heterocycles. The second-order valence-corrected chi connectivity index (χ2v) is 4.15. The van der Waals surface area contributed by atoms with Crippen molar-refractivity contribution < 1.29 is 9.90 Å². The zero-order chi connectivity index (χ0) is 10.8. The standard InChI is InChI=1S/C12H11ClO2/c13-10-3-1-2-9(6-10)12(15)7-11(14)8-4-5-8/h1-3,6-8,15H,4-5H2. The van der Waals surface area contributed by atoms with Crippen molar-refractivity contribution in [1.29, 1.82) is 0 Å². The molecule has 1 aromatic rings. The fraction of sp³-hybridized carbons (Fsp3) is 0.250. The van der Waals surface area contributed by atoms with Gasteiger partial charge in [-0.1, -0.05) is 23.7 Å². The van der Waals surface area contributed by atoms with Crippen LogP contribution in [0, 0.1) is 5.92 Å². The SMILES string of the molecule is O=C(C=C(O)c1cccc(Cl)c1)C1CC1. The highest BCUT2D eigenvalue weighted by Gasteiger charge is 2.28. The van der Waals surface area contributed by atoms with Crippen LogP contribution >= 0.6 is 11.6 Å². The maximum absolute atomic E-state index is 11.4. The fourth-order valence-corrected chi connectivity index (χ4v) is 1.54. The van der Waals surface area contributed by atoms with Crippen LogP contribution in [0.4, 0.5) is 0 Å². The first-order valence-electron chi connectivity index (χ1n) is 4.87. The number of hydrogen-bond donors (Lipinski definition) is 1. The number of halogens is 1. The monoisotopic (exact) mass is 222 g/mol. The Morgan fingerprint density at radius 1 is 1.47 bits per heavy atom. The average Bonchev–Trinajstić information content (AvgIpc) is 3.00. The Labute approximate surface area is 93.2 Å². The molecule has 2 nitrogen and oxygen atoms in total. The number of rotatable bonds is 3. The molecule has 1 aliphatic rings. The van der Waals surface area contributed by atoms with E-state index in [1.165, 1.54) is 6.08 Å². The van der Waals surface area contributed by atoms with E-state index in [-0.39, 0.29) is 17.5 Å². The molecule has 0 aliphatic heterocycles. The van der Waals surface area contributed by atoms with Gasteiger partial charge in [-0.15, -0.1) is 0 Å². The minimum atomic E-state index is -0.00519. The molecule has 1 N–H and O–H groups in total.